The lowest BCUT2D eigenvalue weighted by atomic mass is 10.0. The molecule has 0 bridgehead atoms. The first-order valence-corrected chi connectivity index (χ1v) is 7.42. The number of piperidine rings is 1. The maximum atomic E-state index is 12.6. The molecule has 3 heteroatoms. The van der Waals surface area contributed by atoms with Crippen LogP contribution >= 0.6 is 0 Å². The van der Waals surface area contributed by atoms with E-state index >= 15 is 0 Å². The summed E-state index contributed by atoms with van der Waals surface area (Å²) >= 11 is 0. The summed E-state index contributed by atoms with van der Waals surface area (Å²) in [6, 6.07) is 10.9. The summed E-state index contributed by atoms with van der Waals surface area (Å²) < 4.78 is 0. The zero-order chi connectivity index (χ0) is 13.1. The van der Waals surface area contributed by atoms with Crippen molar-refractivity contribution in [3.63, 3.8) is 0 Å². The number of hydrogen-bond acceptors (Lipinski definition) is 2. The van der Waals surface area contributed by atoms with Crippen molar-refractivity contribution in [3.05, 3.63) is 35.9 Å². The zero-order valence-corrected chi connectivity index (χ0v) is 11.3. The van der Waals surface area contributed by atoms with Gasteiger partial charge in [-0.15, -0.1) is 0 Å². The van der Waals surface area contributed by atoms with Gasteiger partial charge < -0.3 is 10.2 Å². The van der Waals surface area contributed by atoms with Gasteiger partial charge >= 0.3 is 0 Å². The molecule has 1 aliphatic heterocycles. The minimum absolute atomic E-state index is 0.0538. The van der Waals surface area contributed by atoms with Crippen molar-refractivity contribution in [2.24, 2.45) is 0 Å². The first-order valence-electron chi connectivity index (χ1n) is 7.42. The van der Waals surface area contributed by atoms with Gasteiger partial charge in [0.15, 0.2) is 0 Å². The fourth-order valence-corrected chi connectivity index (χ4v) is 2.82. The number of rotatable bonds is 4. The molecular formula is C16H22N2O. The monoisotopic (exact) mass is 258 g/mol. The van der Waals surface area contributed by atoms with E-state index in [1.165, 1.54) is 31.2 Å². The van der Waals surface area contributed by atoms with Crippen molar-refractivity contribution in [2.45, 2.75) is 50.7 Å². The van der Waals surface area contributed by atoms with Gasteiger partial charge in [-0.1, -0.05) is 36.8 Å². The molecule has 1 aromatic rings. The second-order valence-corrected chi connectivity index (χ2v) is 5.69. The van der Waals surface area contributed by atoms with Gasteiger partial charge in [0.1, 0.15) is 0 Å². The number of nitrogens with zero attached hydrogens (tertiary/aromatic N) is 1. The van der Waals surface area contributed by atoms with Crippen molar-refractivity contribution < 1.29 is 4.79 Å². The largest absolute Gasteiger partial charge is 0.334 e. The van der Waals surface area contributed by atoms with Gasteiger partial charge in [0.05, 0.1) is 6.04 Å². The average molecular weight is 258 g/mol. The normalized spacial score (nSPS) is 23.1. The number of benzene rings is 1. The third kappa shape index (κ3) is 3.16. The molecule has 1 heterocycles. The summed E-state index contributed by atoms with van der Waals surface area (Å²) in [4.78, 5) is 14.7. The second kappa shape index (κ2) is 5.74. The Hall–Kier alpha value is -1.35. The molecule has 3 rings (SSSR count). The number of carbonyl (C=O) groups excluding carboxylic acids is 1. The lowest BCUT2D eigenvalue weighted by Crippen LogP contribution is -2.49. The van der Waals surface area contributed by atoms with Crippen LogP contribution in [0, 0.1) is 0 Å². The van der Waals surface area contributed by atoms with Crippen LogP contribution in [0.25, 0.3) is 0 Å². The highest BCUT2D eigenvalue weighted by atomic mass is 16.2. The van der Waals surface area contributed by atoms with E-state index in [0.29, 0.717) is 11.9 Å². The van der Waals surface area contributed by atoms with E-state index in [1.54, 1.807) is 0 Å². The van der Waals surface area contributed by atoms with Crippen molar-refractivity contribution in [2.75, 3.05) is 6.54 Å². The van der Waals surface area contributed by atoms with E-state index < -0.39 is 0 Å². The molecule has 1 atom stereocenters. The van der Waals surface area contributed by atoms with E-state index in [9.17, 15) is 4.79 Å². The Bertz CT molecular complexity index is 422. The number of hydrogen-bond donors (Lipinski definition) is 1. The highest BCUT2D eigenvalue weighted by Gasteiger charge is 2.35. The fourth-order valence-electron chi connectivity index (χ4n) is 2.82. The zero-order valence-electron chi connectivity index (χ0n) is 11.3. The fraction of sp³-hybridized carbons (Fsp3) is 0.562. The van der Waals surface area contributed by atoms with Crippen molar-refractivity contribution in [3.8, 4) is 0 Å². The lowest BCUT2D eigenvalue weighted by molar-refractivity contribution is -0.135. The second-order valence-electron chi connectivity index (χ2n) is 5.69. The smallest absolute Gasteiger partial charge is 0.240 e. The van der Waals surface area contributed by atoms with Crippen LogP contribution in [0.2, 0.25) is 0 Å². The van der Waals surface area contributed by atoms with Gasteiger partial charge in [0, 0.05) is 12.6 Å². The van der Waals surface area contributed by atoms with E-state index in [-0.39, 0.29) is 6.04 Å². The third-order valence-electron chi connectivity index (χ3n) is 4.07. The Morgan fingerprint density at radius 1 is 1.16 bits per heavy atom. The van der Waals surface area contributed by atoms with Gasteiger partial charge in [-0.25, -0.2) is 0 Å². The first kappa shape index (κ1) is 12.7. The first-order chi connectivity index (χ1) is 9.34. The predicted molar refractivity (Wildman–Crippen MR) is 75.7 cm³/mol. The van der Waals surface area contributed by atoms with E-state index in [4.69, 9.17) is 0 Å². The lowest BCUT2D eigenvalue weighted by Gasteiger charge is -2.30. The Labute approximate surface area is 115 Å². The number of amides is 1. The van der Waals surface area contributed by atoms with Gasteiger partial charge in [-0.05, 0) is 37.8 Å². The van der Waals surface area contributed by atoms with Crippen LogP contribution in [-0.4, -0.2) is 29.4 Å². The van der Waals surface area contributed by atoms with Crippen LogP contribution in [0.5, 0.6) is 0 Å². The quantitative estimate of drug-likeness (QED) is 0.899. The molecule has 102 valence electrons. The molecule has 19 heavy (non-hydrogen) atoms. The summed E-state index contributed by atoms with van der Waals surface area (Å²) in [6.45, 7) is 1.75. The molecule has 1 N–H and O–H groups in total. The summed E-state index contributed by atoms with van der Waals surface area (Å²) in [6.07, 6.45) is 5.71. The Morgan fingerprint density at radius 3 is 2.58 bits per heavy atom. The average Bonchev–Trinajstić information content (AvgIpc) is 3.31. The van der Waals surface area contributed by atoms with E-state index in [1.807, 2.05) is 18.2 Å². The SMILES string of the molecule is O=C([C@H]1CCCCN1)N(Cc1ccccc1)C1CC1. The summed E-state index contributed by atoms with van der Waals surface area (Å²) in [5.74, 6) is 0.311. The molecule has 0 spiro atoms. The van der Waals surface area contributed by atoms with Crippen molar-refractivity contribution in [1.82, 2.24) is 10.2 Å². The van der Waals surface area contributed by atoms with Crippen LogP contribution in [0.4, 0.5) is 0 Å². The van der Waals surface area contributed by atoms with Crippen LogP contribution in [0.15, 0.2) is 30.3 Å². The van der Waals surface area contributed by atoms with Crippen LogP contribution in [-0.2, 0) is 11.3 Å². The van der Waals surface area contributed by atoms with Crippen molar-refractivity contribution in [1.29, 1.82) is 0 Å². The molecule has 1 amide bonds. The minimum Gasteiger partial charge on any atom is -0.334 e. The predicted octanol–water partition coefficient (Wildman–Crippen LogP) is 2.32. The molecule has 0 radical (unpaired) electrons. The summed E-state index contributed by atoms with van der Waals surface area (Å²) in [5.41, 5.74) is 1.23. The highest BCUT2D eigenvalue weighted by molar-refractivity contribution is 5.82. The van der Waals surface area contributed by atoms with Gasteiger partial charge in [-0.2, -0.15) is 0 Å². The standard InChI is InChI=1S/C16H22N2O/c19-16(15-8-4-5-11-17-15)18(14-9-10-14)12-13-6-2-1-3-7-13/h1-3,6-7,14-15,17H,4-5,8-12H2/t15-/m1/s1. The maximum absolute atomic E-state index is 12.6. The molecule has 2 aliphatic rings. The Morgan fingerprint density at radius 2 is 1.95 bits per heavy atom. The molecular weight excluding hydrogens is 236 g/mol. The van der Waals surface area contributed by atoms with Crippen LogP contribution < -0.4 is 5.32 Å². The highest BCUT2D eigenvalue weighted by Crippen LogP contribution is 2.29. The molecule has 0 unspecified atom stereocenters. The molecule has 1 aromatic carbocycles. The number of nitrogens with one attached hydrogen (secondary N) is 1. The van der Waals surface area contributed by atoms with E-state index in [0.717, 1.165) is 19.5 Å². The van der Waals surface area contributed by atoms with Gasteiger partial charge in [0.25, 0.3) is 0 Å². The molecule has 3 nitrogen and oxygen atoms in total. The maximum Gasteiger partial charge on any atom is 0.240 e. The molecule has 1 saturated heterocycles. The topological polar surface area (TPSA) is 32.3 Å². The van der Waals surface area contributed by atoms with Crippen LogP contribution in [0.3, 0.4) is 0 Å². The van der Waals surface area contributed by atoms with Crippen LogP contribution in [0.1, 0.15) is 37.7 Å². The number of carbonyl (C=O) groups is 1. The van der Waals surface area contributed by atoms with E-state index in [2.05, 4.69) is 22.3 Å². The molecule has 0 aromatic heterocycles. The van der Waals surface area contributed by atoms with Gasteiger partial charge in [-0.3, -0.25) is 4.79 Å². The Kier molecular flexibility index (Phi) is 3.83. The molecule has 1 aliphatic carbocycles. The molecule has 1 saturated carbocycles. The molecule has 2 fully saturated rings. The third-order valence-corrected chi connectivity index (χ3v) is 4.07. The minimum atomic E-state index is 0.0538. The van der Waals surface area contributed by atoms with Gasteiger partial charge in [0.2, 0.25) is 5.91 Å². The summed E-state index contributed by atoms with van der Waals surface area (Å²) in [5, 5.41) is 3.38. The van der Waals surface area contributed by atoms with Crippen molar-refractivity contribution >= 4 is 5.91 Å². The Balaban J connectivity index is 1.68. The summed E-state index contributed by atoms with van der Waals surface area (Å²) in [7, 11) is 0.